The van der Waals surface area contributed by atoms with Crippen LogP contribution >= 0.6 is 0 Å². The fourth-order valence-corrected chi connectivity index (χ4v) is 2.11. The lowest BCUT2D eigenvalue weighted by Crippen LogP contribution is -2.34. The minimum Gasteiger partial charge on any atom is -0.329 e. The first kappa shape index (κ1) is 14.1. The topological polar surface area (TPSA) is 29.3 Å². The van der Waals surface area contributed by atoms with Crippen molar-refractivity contribution in [3.63, 3.8) is 0 Å². The molecule has 2 nitrogen and oxygen atoms in total. The number of halogens is 1. The number of benzene rings is 1. The summed E-state index contributed by atoms with van der Waals surface area (Å²) >= 11 is 0. The van der Waals surface area contributed by atoms with Gasteiger partial charge in [0.2, 0.25) is 0 Å². The van der Waals surface area contributed by atoms with Crippen molar-refractivity contribution >= 4 is 0 Å². The van der Waals surface area contributed by atoms with Crippen LogP contribution in [-0.2, 0) is 0 Å². The third-order valence-corrected chi connectivity index (χ3v) is 3.10. The van der Waals surface area contributed by atoms with Gasteiger partial charge in [-0.05, 0) is 37.2 Å². The van der Waals surface area contributed by atoms with Gasteiger partial charge in [-0.15, -0.1) is 0 Å². The van der Waals surface area contributed by atoms with Crippen LogP contribution in [0.5, 0.6) is 0 Å². The molecule has 0 aliphatic heterocycles. The molecular weight excluding hydrogens is 215 g/mol. The molecule has 3 heteroatoms. The average Bonchev–Trinajstić information content (AvgIpc) is 2.34. The first-order valence-corrected chi connectivity index (χ1v) is 6.42. The van der Waals surface area contributed by atoms with Crippen LogP contribution < -0.4 is 5.73 Å². The van der Waals surface area contributed by atoms with E-state index in [0.29, 0.717) is 6.54 Å². The van der Waals surface area contributed by atoms with Crippen molar-refractivity contribution in [1.82, 2.24) is 4.90 Å². The molecule has 0 amide bonds. The maximum absolute atomic E-state index is 13.2. The average molecular weight is 238 g/mol. The molecule has 1 atom stereocenters. The summed E-state index contributed by atoms with van der Waals surface area (Å²) in [5, 5.41) is 0. The van der Waals surface area contributed by atoms with E-state index in [1.54, 1.807) is 12.1 Å². The van der Waals surface area contributed by atoms with Gasteiger partial charge in [0.1, 0.15) is 5.82 Å². The summed E-state index contributed by atoms with van der Waals surface area (Å²) in [6.45, 7) is 6.79. The number of nitrogens with two attached hydrogens (primary N) is 1. The predicted octanol–water partition coefficient (Wildman–Crippen LogP) is 2.95. The van der Waals surface area contributed by atoms with Crippen molar-refractivity contribution < 1.29 is 4.39 Å². The van der Waals surface area contributed by atoms with Crippen molar-refractivity contribution in [2.75, 3.05) is 19.6 Å². The highest BCUT2D eigenvalue weighted by Gasteiger charge is 2.17. The van der Waals surface area contributed by atoms with E-state index >= 15 is 0 Å². The molecule has 0 heterocycles. The maximum Gasteiger partial charge on any atom is 0.123 e. The molecule has 1 unspecified atom stereocenters. The number of rotatable bonds is 7. The van der Waals surface area contributed by atoms with Crippen LogP contribution in [0.3, 0.4) is 0 Å². The molecule has 2 N–H and O–H groups in total. The summed E-state index contributed by atoms with van der Waals surface area (Å²) in [5.41, 5.74) is 6.82. The van der Waals surface area contributed by atoms with Gasteiger partial charge in [0.25, 0.3) is 0 Å². The van der Waals surface area contributed by atoms with Crippen LogP contribution in [0.2, 0.25) is 0 Å². The quantitative estimate of drug-likeness (QED) is 0.791. The van der Waals surface area contributed by atoms with Gasteiger partial charge in [0.05, 0.1) is 0 Å². The van der Waals surface area contributed by atoms with E-state index in [-0.39, 0.29) is 11.9 Å². The largest absolute Gasteiger partial charge is 0.329 e. The number of likely N-dealkylation sites (N-methyl/N-ethyl adjacent to an activating group) is 1. The Bertz CT molecular complexity index is 328. The Hall–Kier alpha value is -0.930. The van der Waals surface area contributed by atoms with Gasteiger partial charge in [0.15, 0.2) is 0 Å². The molecule has 0 fully saturated rings. The fraction of sp³-hybridized carbons (Fsp3) is 0.571. The molecule has 1 aromatic rings. The van der Waals surface area contributed by atoms with Crippen molar-refractivity contribution in [2.24, 2.45) is 5.73 Å². The molecule has 0 aliphatic rings. The highest BCUT2D eigenvalue weighted by Crippen LogP contribution is 2.20. The van der Waals surface area contributed by atoms with Crippen LogP contribution in [-0.4, -0.2) is 24.5 Å². The minimum atomic E-state index is -0.188. The SMILES string of the molecule is CCCCN(CC)C(CN)c1cccc(F)c1. The first-order chi connectivity index (χ1) is 8.22. The van der Waals surface area contributed by atoms with Gasteiger partial charge >= 0.3 is 0 Å². The molecule has 96 valence electrons. The second kappa shape index (κ2) is 7.41. The van der Waals surface area contributed by atoms with Gasteiger partial charge in [-0.2, -0.15) is 0 Å². The molecule has 0 spiro atoms. The second-order valence-electron chi connectivity index (χ2n) is 4.29. The Labute approximate surface area is 104 Å². The lowest BCUT2D eigenvalue weighted by atomic mass is 10.0. The fourth-order valence-electron chi connectivity index (χ4n) is 2.11. The van der Waals surface area contributed by atoms with Crippen molar-refractivity contribution in [2.45, 2.75) is 32.7 Å². The van der Waals surface area contributed by atoms with Crippen LogP contribution in [0.15, 0.2) is 24.3 Å². The summed E-state index contributed by atoms with van der Waals surface area (Å²) in [4.78, 5) is 2.32. The lowest BCUT2D eigenvalue weighted by molar-refractivity contribution is 0.209. The number of unbranched alkanes of at least 4 members (excludes halogenated alkanes) is 1. The van der Waals surface area contributed by atoms with E-state index in [1.165, 1.54) is 6.07 Å². The van der Waals surface area contributed by atoms with E-state index in [0.717, 1.165) is 31.5 Å². The molecular formula is C14H23FN2. The minimum absolute atomic E-state index is 0.127. The maximum atomic E-state index is 13.2. The van der Waals surface area contributed by atoms with Gasteiger partial charge in [0, 0.05) is 12.6 Å². The van der Waals surface area contributed by atoms with E-state index in [2.05, 4.69) is 18.7 Å². The predicted molar refractivity (Wildman–Crippen MR) is 70.4 cm³/mol. The first-order valence-electron chi connectivity index (χ1n) is 6.42. The van der Waals surface area contributed by atoms with Gasteiger partial charge in [-0.3, -0.25) is 4.90 Å². The Kier molecular flexibility index (Phi) is 6.16. The van der Waals surface area contributed by atoms with Crippen LogP contribution in [0.1, 0.15) is 38.3 Å². The van der Waals surface area contributed by atoms with Gasteiger partial charge in [-0.25, -0.2) is 4.39 Å². The number of hydrogen-bond donors (Lipinski definition) is 1. The van der Waals surface area contributed by atoms with E-state index in [9.17, 15) is 4.39 Å². The molecule has 0 saturated heterocycles. The normalized spacial score (nSPS) is 13.0. The monoisotopic (exact) mass is 238 g/mol. The summed E-state index contributed by atoms with van der Waals surface area (Å²) in [6, 6.07) is 6.89. The third kappa shape index (κ3) is 4.10. The Balaban J connectivity index is 2.81. The molecule has 0 bridgehead atoms. The molecule has 17 heavy (non-hydrogen) atoms. The zero-order chi connectivity index (χ0) is 12.7. The molecule has 1 aromatic carbocycles. The van der Waals surface area contributed by atoms with Crippen LogP contribution in [0.25, 0.3) is 0 Å². The highest BCUT2D eigenvalue weighted by molar-refractivity contribution is 5.20. The summed E-state index contributed by atoms with van der Waals surface area (Å²) in [7, 11) is 0. The van der Waals surface area contributed by atoms with E-state index < -0.39 is 0 Å². The van der Waals surface area contributed by atoms with Crippen LogP contribution in [0, 0.1) is 5.82 Å². The Morgan fingerprint density at radius 3 is 2.65 bits per heavy atom. The van der Waals surface area contributed by atoms with E-state index in [1.807, 2.05) is 6.07 Å². The zero-order valence-corrected chi connectivity index (χ0v) is 10.8. The molecule has 1 rings (SSSR count). The van der Waals surface area contributed by atoms with Crippen LogP contribution in [0.4, 0.5) is 4.39 Å². The second-order valence-corrected chi connectivity index (χ2v) is 4.29. The summed E-state index contributed by atoms with van der Waals surface area (Å²) in [6.07, 6.45) is 2.32. The Morgan fingerprint density at radius 1 is 1.35 bits per heavy atom. The smallest absolute Gasteiger partial charge is 0.123 e. The lowest BCUT2D eigenvalue weighted by Gasteiger charge is -2.30. The summed E-state index contributed by atoms with van der Waals surface area (Å²) in [5.74, 6) is -0.188. The van der Waals surface area contributed by atoms with Gasteiger partial charge in [-0.1, -0.05) is 32.4 Å². The number of nitrogens with zero attached hydrogens (tertiary/aromatic N) is 1. The van der Waals surface area contributed by atoms with Crippen molar-refractivity contribution in [1.29, 1.82) is 0 Å². The molecule has 0 aromatic heterocycles. The summed E-state index contributed by atoms with van der Waals surface area (Å²) < 4.78 is 13.2. The third-order valence-electron chi connectivity index (χ3n) is 3.10. The van der Waals surface area contributed by atoms with Crippen molar-refractivity contribution in [3.05, 3.63) is 35.6 Å². The van der Waals surface area contributed by atoms with Gasteiger partial charge < -0.3 is 5.73 Å². The number of hydrogen-bond acceptors (Lipinski definition) is 2. The van der Waals surface area contributed by atoms with Crippen molar-refractivity contribution in [3.8, 4) is 0 Å². The molecule has 0 aliphatic carbocycles. The zero-order valence-electron chi connectivity index (χ0n) is 10.8. The van der Waals surface area contributed by atoms with E-state index in [4.69, 9.17) is 5.73 Å². The highest BCUT2D eigenvalue weighted by atomic mass is 19.1. The molecule has 0 saturated carbocycles. The Morgan fingerprint density at radius 2 is 2.12 bits per heavy atom. The molecule has 0 radical (unpaired) electrons. The standard InChI is InChI=1S/C14H23FN2/c1-3-5-9-17(4-2)14(11-16)12-7-6-8-13(15)10-12/h6-8,10,14H,3-5,9,11,16H2,1-2H3.